The lowest BCUT2D eigenvalue weighted by atomic mass is 10.1. The van der Waals surface area contributed by atoms with Gasteiger partial charge in [0.1, 0.15) is 47.6 Å². The second-order valence-electron chi connectivity index (χ2n) is 10.1. The normalized spacial score (nSPS) is 10.7. The maximum Gasteiger partial charge on any atom is 0.248 e. The molecule has 12 heteroatoms. The zero-order valence-corrected chi connectivity index (χ0v) is 25.7. The fourth-order valence-corrected chi connectivity index (χ4v) is 4.42. The summed E-state index contributed by atoms with van der Waals surface area (Å²) in [6.07, 6.45) is 3.76. The first kappa shape index (κ1) is 32.9. The highest BCUT2D eigenvalue weighted by molar-refractivity contribution is 5.97. The van der Waals surface area contributed by atoms with Crippen LogP contribution in [0.25, 0.3) is 0 Å². The van der Waals surface area contributed by atoms with Crippen LogP contribution in [0.2, 0.25) is 0 Å². The van der Waals surface area contributed by atoms with Gasteiger partial charge in [0, 0.05) is 24.2 Å². The van der Waals surface area contributed by atoms with Crippen molar-refractivity contribution in [3.8, 4) is 23.0 Å². The van der Waals surface area contributed by atoms with E-state index < -0.39 is 11.8 Å². The van der Waals surface area contributed by atoms with Crippen LogP contribution in [0, 0.1) is 0 Å². The minimum atomic E-state index is -0.617. The number of carbonyl (C=O) groups excluding carboxylic acids is 2. The zero-order valence-electron chi connectivity index (χ0n) is 25.7. The van der Waals surface area contributed by atoms with Crippen molar-refractivity contribution in [3.05, 3.63) is 107 Å². The van der Waals surface area contributed by atoms with Crippen LogP contribution >= 0.6 is 0 Å². The van der Waals surface area contributed by atoms with E-state index in [1.807, 2.05) is 60.7 Å². The maximum absolute atomic E-state index is 11.9. The number of amides is 2. The van der Waals surface area contributed by atoms with Crippen molar-refractivity contribution in [2.45, 2.75) is 13.2 Å². The molecule has 0 atom stereocenters. The van der Waals surface area contributed by atoms with E-state index in [0.717, 1.165) is 22.6 Å². The van der Waals surface area contributed by atoms with Gasteiger partial charge in [-0.25, -0.2) is 0 Å². The molecule has 0 heterocycles. The van der Waals surface area contributed by atoms with Crippen LogP contribution in [-0.2, 0) is 13.2 Å². The van der Waals surface area contributed by atoms with Gasteiger partial charge in [0.2, 0.25) is 11.8 Å². The van der Waals surface area contributed by atoms with Gasteiger partial charge < -0.3 is 52.5 Å². The standard InChI is InChI=1S/C34H38N6O6/c1-43-25-9-5-21(6-10-25)19-45-29-17-23(33(37)41)15-27(35)31(29)39-13-3-4-14-40-32-28(36)16-24(34(38)42)18-30(32)46-20-22-7-11-26(44-2)12-8-22/h3-12,15-18,39-40H,13-14,19-20,35-36H2,1-2H3,(H2,37,41)(H2,38,42)/b4-3+. The summed E-state index contributed by atoms with van der Waals surface area (Å²) in [4.78, 5) is 23.7. The number of hydrogen-bond acceptors (Lipinski definition) is 10. The van der Waals surface area contributed by atoms with Crippen molar-refractivity contribution >= 4 is 34.6 Å². The van der Waals surface area contributed by atoms with E-state index in [1.165, 1.54) is 12.1 Å². The number of nitrogens with two attached hydrogens (primary N) is 4. The number of anilines is 4. The number of hydrogen-bond donors (Lipinski definition) is 6. The number of benzene rings is 4. The predicted molar refractivity (Wildman–Crippen MR) is 180 cm³/mol. The van der Waals surface area contributed by atoms with Crippen LogP contribution in [0.4, 0.5) is 22.7 Å². The second-order valence-corrected chi connectivity index (χ2v) is 10.1. The Balaban J connectivity index is 1.41. The number of carbonyl (C=O) groups is 2. The SMILES string of the molecule is COc1ccc(COc2cc(C(N)=O)cc(N)c2NC/C=C/CNc2c(N)cc(C(N)=O)cc2OCc2ccc(OC)cc2)cc1. The van der Waals surface area contributed by atoms with Gasteiger partial charge in [0.25, 0.3) is 0 Å². The molecule has 0 fully saturated rings. The van der Waals surface area contributed by atoms with Crippen molar-refractivity contribution in [2.24, 2.45) is 11.5 Å². The van der Waals surface area contributed by atoms with Crippen molar-refractivity contribution in [3.63, 3.8) is 0 Å². The Morgan fingerprint density at radius 2 is 1.00 bits per heavy atom. The molecular formula is C34H38N6O6. The highest BCUT2D eigenvalue weighted by atomic mass is 16.5. The van der Waals surface area contributed by atoms with E-state index in [9.17, 15) is 9.59 Å². The molecule has 0 radical (unpaired) electrons. The molecule has 4 rings (SSSR count). The van der Waals surface area contributed by atoms with Crippen LogP contribution < -0.4 is 52.5 Å². The summed E-state index contributed by atoms with van der Waals surface area (Å²) in [5.41, 5.74) is 27.5. The van der Waals surface area contributed by atoms with Crippen molar-refractivity contribution in [2.75, 3.05) is 49.4 Å². The summed E-state index contributed by atoms with van der Waals surface area (Å²) in [5.74, 6) is 1.00. The maximum atomic E-state index is 11.9. The summed E-state index contributed by atoms with van der Waals surface area (Å²) in [5, 5.41) is 6.49. The lowest BCUT2D eigenvalue weighted by Gasteiger charge is -2.17. The highest BCUT2D eigenvalue weighted by Gasteiger charge is 2.15. The second kappa shape index (κ2) is 15.6. The molecular weight excluding hydrogens is 588 g/mol. The minimum Gasteiger partial charge on any atom is -0.497 e. The van der Waals surface area contributed by atoms with E-state index >= 15 is 0 Å². The number of ether oxygens (including phenoxy) is 4. The van der Waals surface area contributed by atoms with Crippen LogP contribution in [0.5, 0.6) is 23.0 Å². The Labute approximate surface area is 267 Å². The molecule has 0 unspecified atom stereocenters. The number of nitrogen functional groups attached to an aromatic ring is 2. The smallest absolute Gasteiger partial charge is 0.248 e. The monoisotopic (exact) mass is 626 g/mol. The van der Waals surface area contributed by atoms with E-state index in [1.54, 1.807) is 26.4 Å². The molecule has 0 aromatic heterocycles. The Kier molecular flexibility index (Phi) is 11.2. The quantitative estimate of drug-likeness (QED) is 0.0769. The summed E-state index contributed by atoms with van der Waals surface area (Å²) in [7, 11) is 3.20. The Bertz CT molecular complexity index is 1570. The van der Waals surface area contributed by atoms with Gasteiger partial charge in [-0.05, 0) is 59.7 Å². The molecule has 0 aliphatic heterocycles. The molecule has 46 heavy (non-hydrogen) atoms. The van der Waals surface area contributed by atoms with Crippen molar-refractivity contribution < 1.29 is 28.5 Å². The molecule has 4 aromatic carbocycles. The van der Waals surface area contributed by atoms with E-state index in [2.05, 4.69) is 10.6 Å². The highest BCUT2D eigenvalue weighted by Crippen LogP contribution is 2.34. The van der Waals surface area contributed by atoms with Crippen LogP contribution in [0.3, 0.4) is 0 Å². The first-order valence-corrected chi connectivity index (χ1v) is 14.3. The van der Waals surface area contributed by atoms with Gasteiger partial charge >= 0.3 is 0 Å². The van der Waals surface area contributed by atoms with Gasteiger partial charge in [0.05, 0.1) is 25.6 Å². The summed E-state index contributed by atoms with van der Waals surface area (Å²) >= 11 is 0. The Hall–Kier alpha value is -6.04. The molecule has 0 bridgehead atoms. The number of rotatable bonds is 16. The van der Waals surface area contributed by atoms with Gasteiger partial charge in [-0.1, -0.05) is 36.4 Å². The van der Waals surface area contributed by atoms with Crippen LogP contribution in [0.1, 0.15) is 31.8 Å². The average Bonchev–Trinajstić information content (AvgIpc) is 3.05. The fraction of sp³-hybridized carbons (Fsp3) is 0.176. The molecule has 0 saturated carbocycles. The minimum absolute atomic E-state index is 0.234. The topological polar surface area (TPSA) is 199 Å². The predicted octanol–water partition coefficient (Wildman–Crippen LogP) is 4.30. The van der Waals surface area contributed by atoms with Crippen molar-refractivity contribution in [1.29, 1.82) is 0 Å². The molecule has 10 N–H and O–H groups in total. The third-order valence-corrected chi connectivity index (χ3v) is 6.90. The number of methoxy groups -OCH3 is 2. The lowest BCUT2D eigenvalue weighted by Crippen LogP contribution is -2.14. The molecule has 2 amide bonds. The fourth-order valence-electron chi connectivity index (χ4n) is 4.42. The Morgan fingerprint density at radius 1 is 0.630 bits per heavy atom. The molecule has 0 saturated heterocycles. The third-order valence-electron chi connectivity index (χ3n) is 6.90. The molecule has 0 spiro atoms. The first-order chi connectivity index (χ1) is 22.2. The average molecular weight is 627 g/mol. The molecule has 0 aliphatic rings. The molecule has 4 aromatic rings. The van der Waals surface area contributed by atoms with E-state index in [0.29, 0.717) is 47.3 Å². The number of primary amides is 2. The summed E-state index contributed by atoms with van der Waals surface area (Å²) in [6.45, 7) is 1.24. The largest absolute Gasteiger partial charge is 0.497 e. The van der Waals surface area contributed by atoms with Gasteiger partial charge in [-0.2, -0.15) is 0 Å². The van der Waals surface area contributed by atoms with E-state index in [-0.39, 0.29) is 24.3 Å². The van der Waals surface area contributed by atoms with Gasteiger partial charge in [-0.3, -0.25) is 9.59 Å². The first-order valence-electron chi connectivity index (χ1n) is 14.3. The van der Waals surface area contributed by atoms with Crippen molar-refractivity contribution in [1.82, 2.24) is 0 Å². The van der Waals surface area contributed by atoms with E-state index in [4.69, 9.17) is 41.9 Å². The van der Waals surface area contributed by atoms with Crippen LogP contribution in [-0.4, -0.2) is 39.1 Å². The zero-order chi connectivity index (χ0) is 33.1. The molecule has 12 nitrogen and oxygen atoms in total. The molecule has 240 valence electrons. The summed E-state index contributed by atoms with van der Waals surface area (Å²) in [6, 6.07) is 21.0. The Morgan fingerprint density at radius 3 is 1.33 bits per heavy atom. The number of nitrogens with one attached hydrogen (secondary N) is 2. The van der Waals surface area contributed by atoms with Crippen LogP contribution in [0.15, 0.2) is 84.9 Å². The molecule has 0 aliphatic carbocycles. The van der Waals surface area contributed by atoms with Gasteiger partial charge in [-0.15, -0.1) is 0 Å². The lowest BCUT2D eigenvalue weighted by molar-refractivity contribution is 0.0991. The third kappa shape index (κ3) is 8.76. The summed E-state index contributed by atoms with van der Waals surface area (Å²) < 4.78 is 22.5. The van der Waals surface area contributed by atoms with Gasteiger partial charge in [0.15, 0.2) is 0 Å².